The third-order valence-corrected chi connectivity index (χ3v) is 5.14. The first-order chi connectivity index (χ1) is 13.9. The van der Waals surface area contributed by atoms with Crippen molar-refractivity contribution in [3.63, 3.8) is 0 Å². The molecule has 4 rings (SSSR count). The van der Waals surface area contributed by atoms with Crippen LogP contribution >= 0.6 is 27.5 Å². The fourth-order valence-electron chi connectivity index (χ4n) is 2.98. The number of hydrogen-bond acceptors (Lipinski definition) is 3. The van der Waals surface area contributed by atoms with Crippen LogP contribution in [-0.2, 0) is 9.59 Å². The summed E-state index contributed by atoms with van der Waals surface area (Å²) in [6.07, 6.45) is 3.27. The van der Waals surface area contributed by atoms with E-state index in [0.717, 1.165) is 15.1 Å². The second kappa shape index (κ2) is 7.69. The van der Waals surface area contributed by atoms with Gasteiger partial charge in [-0.2, -0.15) is 0 Å². The van der Waals surface area contributed by atoms with E-state index in [9.17, 15) is 14.4 Å². The van der Waals surface area contributed by atoms with Crippen molar-refractivity contribution in [1.82, 2.24) is 9.88 Å². The van der Waals surface area contributed by atoms with Gasteiger partial charge in [-0.15, -0.1) is 0 Å². The molecule has 2 aromatic carbocycles. The molecule has 0 bridgehead atoms. The number of halogens is 2. The predicted octanol–water partition coefficient (Wildman–Crippen LogP) is 4.56. The van der Waals surface area contributed by atoms with E-state index in [1.165, 1.54) is 6.08 Å². The van der Waals surface area contributed by atoms with Gasteiger partial charge in [-0.25, -0.2) is 9.69 Å². The summed E-state index contributed by atoms with van der Waals surface area (Å²) in [4.78, 5) is 38.6. The van der Waals surface area contributed by atoms with Crippen molar-refractivity contribution < 1.29 is 14.4 Å². The van der Waals surface area contributed by atoms with Crippen molar-refractivity contribution in [1.29, 1.82) is 0 Å². The molecule has 2 heterocycles. The zero-order valence-corrected chi connectivity index (χ0v) is 17.1. The zero-order chi connectivity index (χ0) is 20.5. The van der Waals surface area contributed by atoms with Gasteiger partial charge in [0.05, 0.1) is 5.69 Å². The van der Waals surface area contributed by atoms with Crippen LogP contribution in [0.2, 0.25) is 5.02 Å². The molecule has 3 aromatic rings. The topological polar surface area (TPSA) is 71.4 Å². The maximum absolute atomic E-state index is 13.0. The number of aromatic nitrogens is 1. The molecular weight excluding hydrogens is 458 g/mol. The molecule has 1 N–H and O–H groups in total. The highest BCUT2D eigenvalue weighted by molar-refractivity contribution is 9.10. The highest BCUT2D eigenvalue weighted by atomic mass is 79.9. The van der Waals surface area contributed by atoms with E-state index in [2.05, 4.69) is 21.2 Å². The Morgan fingerprint density at radius 1 is 0.897 bits per heavy atom. The average molecular weight is 471 g/mol. The number of hydrogen-bond donors (Lipinski definition) is 1. The van der Waals surface area contributed by atoms with Crippen LogP contribution in [0.3, 0.4) is 0 Å². The predicted molar refractivity (Wildman–Crippen MR) is 114 cm³/mol. The van der Waals surface area contributed by atoms with Crippen molar-refractivity contribution in [2.75, 3.05) is 4.90 Å². The van der Waals surface area contributed by atoms with E-state index in [0.29, 0.717) is 16.4 Å². The molecule has 29 heavy (non-hydrogen) atoms. The van der Waals surface area contributed by atoms with Crippen molar-refractivity contribution in [3.8, 4) is 5.69 Å². The van der Waals surface area contributed by atoms with Gasteiger partial charge in [0, 0.05) is 27.1 Å². The number of nitrogens with zero attached hydrogens (tertiary/aromatic N) is 2. The minimum Gasteiger partial charge on any atom is -0.317 e. The SMILES string of the molecule is O=C1NC(=O)N(c2ccc(Br)cc2)C(=O)/C1=C/c1cccn1-c1ccc(Cl)cc1. The quantitative estimate of drug-likeness (QED) is 0.451. The number of rotatable bonds is 3. The molecule has 0 aliphatic carbocycles. The Balaban J connectivity index is 1.73. The van der Waals surface area contributed by atoms with Gasteiger partial charge < -0.3 is 4.57 Å². The molecule has 0 atom stereocenters. The van der Waals surface area contributed by atoms with Gasteiger partial charge in [0.25, 0.3) is 11.8 Å². The van der Waals surface area contributed by atoms with Crippen LogP contribution < -0.4 is 10.2 Å². The molecule has 4 amide bonds. The average Bonchev–Trinajstić information content (AvgIpc) is 3.15. The van der Waals surface area contributed by atoms with E-state index in [1.807, 2.05) is 16.7 Å². The number of barbiturate groups is 1. The lowest BCUT2D eigenvalue weighted by Crippen LogP contribution is -2.54. The molecule has 0 unspecified atom stereocenters. The summed E-state index contributed by atoms with van der Waals surface area (Å²) in [7, 11) is 0. The molecule has 0 saturated carbocycles. The summed E-state index contributed by atoms with van der Waals surface area (Å²) in [6, 6.07) is 16.6. The van der Waals surface area contributed by atoms with Crippen LogP contribution in [0.15, 0.2) is 76.9 Å². The van der Waals surface area contributed by atoms with E-state index >= 15 is 0 Å². The van der Waals surface area contributed by atoms with Gasteiger partial charge in [-0.05, 0) is 66.7 Å². The maximum Gasteiger partial charge on any atom is 0.335 e. The number of benzene rings is 2. The smallest absolute Gasteiger partial charge is 0.317 e. The summed E-state index contributed by atoms with van der Waals surface area (Å²) in [6.45, 7) is 0. The van der Waals surface area contributed by atoms with Gasteiger partial charge in [0.15, 0.2) is 0 Å². The first-order valence-corrected chi connectivity index (χ1v) is 9.71. The minimum atomic E-state index is -0.785. The summed E-state index contributed by atoms with van der Waals surface area (Å²) < 4.78 is 2.61. The van der Waals surface area contributed by atoms with Gasteiger partial charge >= 0.3 is 6.03 Å². The monoisotopic (exact) mass is 469 g/mol. The molecule has 6 nitrogen and oxygen atoms in total. The molecule has 1 saturated heterocycles. The fraction of sp³-hybridized carbons (Fsp3) is 0. The van der Waals surface area contributed by atoms with Crippen LogP contribution in [-0.4, -0.2) is 22.4 Å². The zero-order valence-electron chi connectivity index (χ0n) is 14.8. The lowest BCUT2D eigenvalue weighted by Gasteiger charge is -2.26. The Hall–Kier alpha value is -3.16. The lowest BCUT2D eigenvalue weighted by molar-refractivity contribution is -0.122. The van der Waals surface area contributed by atoms with Crippen molar-refractivity contribution in [3.05, 3.63) is 87.6 Å². The minimum absolute atomic E-state index is 0.138. The first-order valence-electron chi connectivity index (χ1n) is 8.54. The normalized spacial score (nSPS) is 15.7. The standard InChI is InChI=1S/C21H13BrClN3O3/c22-13-3-7-16(8-4-13)26-20(28)18(19(27)24-21(26)29)12-17-2-1-11-25(17)15-9-5-14(23)6-10-15/h1-12H,(H,24,27,29)/b18-12+. The number of urea groups is 1. The van der Waals surface area contributed by atoms with Crippen molar-refractivity contribution >= 4 is 57.1 Å². The Morgan fingerprint density at radius 2 is 1.55 bits per heavy atom. The number of nitrogens with one attached hydrogen (secondary N) is 1. The maximum atomic E-state index is 13.0. The molecule has 1 fully saturated rings. The van der Waals surface area contributed by atoms with Gasteiger partial charge in [-0.1, -0.05) is 27.5 Å². The van der Waals surface area contributed by atoms with Crippen LogP contribution in [0.4, 0.5) is 10.5 Å². The fourth-order valence-corrected chi connectivity index (χ4v) is 3.37. The molecule has 144 valence electrons. The number of carbonyl (C=O) groups is 3. The lowest BCUT2D eigenvalue weighted by atomic mass is 10.1. The van der Waals surface area contributed by atoms with E-state index in [1.54, 1.807) is 54.7 Å². The highest BCUT2D eigenvalue weighted by Gasteiger charge is 2.36. The second-order valence-electron chi connectivity index (χ2n) is 6.21. The van der Waals surface area contributed by atoms with Gasteiger partial charge in [0.2, 0.25) is 0 Å². The van der Waals surface area contributed by atoms with E-state index in [4.69, 9.17) is 11.6 Å². The van der Waals surface area contributed by atoms with Crippen molar-refractivity contribution in [2.45, 2.75) is 0 Å². The van der Waals surface area contributed by atoms with Crippen molar-refractivity contribution in [2.24, 2.45) is 0 Å². The molecule has 1 aliphatic heterocycles. The Bertz CT molecular complexity index is 1150. The second-order valence-corrected chi connectivity index (χ2v) is 7.57. The number of amides is 4. The van der Waals surface area contributed by atoms with Crippen LogP contribution in [0.25, 0.3) is 11.8 Å². The molecule has 1 aromatic heterocycles. The molecule has 0 spiro atoms. The Labute approximate surface area is 179 Å². The summed E-state index contributed by atoms with van der Waals surface area (Å²) >= 11 is 9.26. The van der Waals surface area contributed by atoms with Crippen LogP contribution in [0.5, 0.6) is 0 Å². The molecule has 8 heteroatoms. The van der Waals surface area contributed by atoms with Crippen LogP contribution in [0, 0.1) is 0 Å². The summed E-state index contributed by atoms with van der Waals surface area (Å²) in [5, 5.41) is 2.83. The number of carbonyl (C=O) groups excluding carboxylic acids is 3. The molecule has 0 radical (unpaired) electrons. The van der Waals surface area contributed by atoms with Gasteiger partial charge in [-0.3, -0.25) is 14.9 Å². The third kappa shape index (κ3) is 3.74. The molecule has 1 aliphatic rings. The number of anilines is 1. The summed E-state index contributed by atoms with van der Waals surface area (Å²) in [5.41, 5.74) is 1.65. The van der Waals surface area contributed by atoms with E-state index < -0.39 is 17.8 Å². The first kappa shape index (κ1) is 19.2. The number of imide groups is 2. The van der Waals surface area contributed by atoms with Crippen LogP contribution in [0.1, 0.15) is 5.69 Å². The van der Waals surface area contributed by atoms with Gasteiger partial charge in [0.1, 0.15) is 5.57 Å². The van der Waals surface area contributed by atoms with E-state index in [-0.39, 0.29) is 5.57 Å². The Kier molecular flexibility index (Phi) is 5.08. The molecular formula is C21H13BrClN3O3. The largest absolute Gasteiger partial charge is 0.335 e. The Morgan fingerprint density at radius 3 is 2.24 bits per heavy atom. The highest BCUT2D eigenvalue weighted by Crippen LogP contribution is 2.24. The third-order valence-electron chi connectivity index (χ3n) is 4.36. The summed E-state index contributed by atoms with van der Waals surface area (Å²) in [5.74, 6) is -1.43.